The Hall–Kier alpha value is -2.11. The van der Waals surface area contributed by atoms with Crippen molar-refractivity contribution in [1.82, 2.24) is 0 Å². The number of nitrogens with two attached hydrogens (primary N) is 1. The van der Waals surface area contributed by atoms with Crippen molar-refractivity contribution in [3.8, 4) is 11.5 Å². The normalized spacial score (nSPS) is 12.5. The number of furan rings is 1. The number of benzene rings is 2. The van der Waals surface area contributed by atoms with Gasteiger partial charge in [0.15, 0.2) is 11.5 Å². The molecule has 5 heteroatoms. The molecule has 1 heterocycles. The Morgan fingerprint density at radius 3 is 2.67 bits per heavy atom. The molecule has 3 aromatic rings. The summed E-state index contributed by atoms with van der Waals surface area (Å²) in [6.45, 7) is 0.576. The molecular formula is C19H21NO3S. The average molecular weight is 343 g/mol. The summed E-state index contributed by atoms with van der Waals surface area (Å²) in [5.74, 6) is 0.755. The predicted molar refractivity (Wildman–Crippen MR) is 98.2 cm³/mol. The molecule has 0 saturated carbocycles. The van der Waals surface area contributed by atoms with E-state index in [9.17, 15) is 5.11 Å². The Bertz CT molecular complexity index is 844. The standard InChI is InChI=1S/C19H21NO3S/c1-22-18-10-13(3-5-16(18)21)14(7-8-20)12-4-6-17-15(9-12)19(24-2)11-23-17/h3-6,9-11,14,21H,7-8,20H2,1-2H3. The smallest absolute Gasteiger partial charge is 0.160 e. The van der Waals surface area contributed by atoms with Crippen molar-refractivity contribution in [2.75, 3.05) is 19.9 Å². The molecule has 0 aliphatic carbocycles. The highest BCUT2D eigenvalue weighted by Gasteiger charge is 2.17. The van der Waals surface area contributed by atoms with Crippen molar-refractivity contribution in [1.29, 1.82) is 0 Å². The molecule has 2 aromatic carbocycles. The lowest BCUT2D eigenvalue weighted by Gasteiger charge is -2.18. The second-order valence-electron chi connectivity index (χ2n) is 5.62. The van der Waals surface area contributed by atoms with E-state index in [1.165, 1.54) is 5.56 Å². The Morgan fingerprint density at radius 1 is 1.21 bits per heavy atom. The maximum absolute atomic E-state index is 9.83. The molecular weight excluding hydrogens is 322 g/mol. The molecule has 3 N–H and O–H groups in total. The van der Waals surface area contributed by atoms with Crippen LogP contribution in [0.2, 0.25) is 0 Å². The van der Waals surface area contributed by atoms with Gasteiger partial charge in [-0.15, -0.1) is 11.8 Å². The quantitative estimate of drug-likeness (QED) is 0.651. The first-order valence-electron chi connectivity index (χ1n) is 7.80. The topological polar surface area (TPSA) is 68.6 Å². The van der Waals surface area contributed by atoms with Crippen LogP contribution in [-0.4, -0.2) is 25.0 Å². The third kappa shape index (κ3) is 3.09. The van der Waals surface area contributed by atoms with E-state index in [4.69, 9.17) is 14.9 Å². The molecule has 126 valence electrons. The van der Waals surface area contributed by atoms with Crippen molar-refractivity contribution in [2.45, 2.75) is 17.2 Å². The Kier molecular flexibility index (Phi) is 5.02. The van der Waals surface area contributed by atoms with E-state index >= 15 is 0 Å². The first-order valence-corrected chi connectivity index (χ1v) is 9.02. The first kappa shape index (κ1) is 16.7. The number of hydrogen-bond acceptors (Lipinski definition) is 5. The van der Waals surface area contributed by atoms with Crippen molar-refractivity contribution in [3.05, 3.63) is 53.8 Å². The van der Waals surface area contributed by atoms with Gasteiger partial charge in [-0.3, -0.25) is 0 Å². The van der Waals surface area contributed by atoms with Crippen LogP contribution in [0, 0.1) is 0 Å². The molecule has 0 spiro atoms. The number of fused-ring (bicyclic) bond motifs is 1. The van der Waals surface area contributed by atoms with Gasteiger partial charge >= 0.3 is 0 Å². The summed E-state index contributed by atoms with van der Waals surface area (Å²) in [6, 6.07) is 11.7. The molecule has 24 heavy (non-hydrogen) atoms. The minimum absolute atomic E-state index is 0.138. The second kappa shape index (κ2) is 7.20. The van der Waals surface area contributed by atoms with E-state index in [1.54, 1.807) is 31.2 Å². The fraction of sp³-hybridized carbons (Fsp3) is 0.263. The molecule has 0 aliphatic rings. The third-order valence-corrected chi connectivity index (χ3v) is 5.00. The van der Waals surface area contributed by atoms with Crippen LogP contribution in [0.3, 0.4) is 0 Å². The van der Waals surface area contributed by atoms with Gasteiger partial charge in [-0.05, 0) is 54.6 Å². The minimum Gasteiger partial charge on any atom is -0.504 e. The maximum atomic E-state index is 9.83. The Balaban J connectivity index is 2.07. The van der Waals surface area contributed by atoms with Gasteiger partial charge < -0.3 is 20.0 Å². The van der Waals surface area contributed by atoms with E-state index in [0.29, 0.717) is 12.3 Å². The molecule has 1 unspecified atom stereocenters. The zero-order valence-corrected chi connectivity index (χ0v) is 14.6. The zero-order chi connectivity index (χ0) is 17.1. The van der Waals surface area contributed by atoms with E-state index in [0.717, 1.165) is 27.8 Å². The summed E-state index contributed by atoms with van der Waals surface area (Å²) in [7, 11) is 1.55. The van der Waals surface area contributed by atoms with Crippen molar-refractivity contribution >= 4 is 22.7 Å². The largest absolute Gasteiger partial charge is 0.504 e. The van der Waals surface area contributed by atoms with Gasteiger partial charge in [-0.1, -0.05) is 12.1 Å². The van der Waals surface area contributed by atoms with E-state index in [1.807, 2.05) is 24.5 Å². The number of methoxy groups -OCH3 is 1. The van der Waals surface area contributed by atoms with Gasteiger partial charge in [0, 0.05) is 11.3 Å². The number of phenolic OH excluding ortho intramolecular Hbond substituents is 1. The number of aromatic hydroxyl groups is 1. The van der Waals surface area contributed by atoms with Crippen LogP contribution in [0.4, 0.5) is 0 Å². The summed E-state index contributed by atoms with van der Waals surface area (Å²) in [5.41, 5.74) is 8.99. The zero-order valence-electron chi connectivity index (χ0n) is 13.8. The van der Waals surface area contributed by atoms with Crippen LogP contribution in [0.5, 0.6) is 11.5 Å². The summed E-state index contributed by atoms with van der Waals surface area (Å²) in [4.78, 5) is 1.13. The van der Waals surface area contributed by atoms with E-state index in [-0.39, 0.29) is 11.7 Å². The van der Waals surface area contributed by atoms with Gasteiger partial charge in [0.1, 0.15) is 11.8 Å². The highest BCUT2D eigenvalue weighted by Crippen LogP contribution is 2.37. The van der Waals surface area contributed by atoms with Crippen LogP contribution in [0.1, 0.15) is 23.5 Å². The molecule has 0 fully saturated rings. The molecule has 0 aliphatic heterocycles. The molecule has 1 aromatic heterocycles. The summed E-state index contributed by atoms with van der Waals surface area (Å²) >= 11 is 1.67. The second-order valence-corrected chi connectivity index (χ2v) is 6.47. The summed E-state index contributed by atoms with van der Waals surface area (Å²) in [5, 5.41) is 11.0. The van der Waals surface area contributed by atoms with Gasteiger partial charge in [-0.2, -0.15) is 0 Å². The van der Waals surface area contributed by atoms with Crippen LogP contribution in [0.15, 0.2) is 52.0 Å². The summed E-state index contributed by atoms with van der Waals surface area (Å²) < 4.78 is 10.8. The number of hydrogen-bond donors (Lipinski definition) is 2. The maximum Gasteiger partial charge on any atom is 0.160 e. The lowest BCUT2D eigenvalue weighted by Crippen LogP contribution is -2.09. The minimum atomic E-state index is 0.138. The Morgan fingerprint density at radius 2 is 1.96 bits per heavy atom. The number of ether oxygens (including phenoxy) is 1. The molecule has 1 atom stereocenters. The van der Waals surface area contributed by atoms with Gasteiger partial charge in [0.25, 0.3) is 0 Å². The number of phenols is 1. The molecule has 0 bridgehead atoms. The molecule has 4 nitrogen and oxygen atoms in total. The lowest BCUT2D eigenvalue weighted by atomic mass is 9.88. The predicted octanol–water partition coefficient (Wildman–Crippen LogP) is 4.35. The highest BCUT2D eigenvalue weighted by atomic mass is 32.2. The van der Waals surface area contributed by atoms with Crippen LogP contribution >= 0.6 is 11.8 Å². The fourth-order valence-corrected chi connectivity index (χ4v) is 3.53. The number of thioether (sulfide) groups is 1. The van der Waals surface area contributed by atoms with Crippen LogP contribution < -0.4 is 10.5 Å². The third-order valence-electron chi connectivity index (χ3n) is 4.25. The molecule has 0 amide bonds. The van der Waals surface area contributed by atoms with Gasteiger partial charge in [-0.25, -0.2) is 0 Å². The molecule has 3 rings (SSSR count). The lowest BCUT2D eigenvalue weighted by molar-refractivity contribution is 0.372. The van der Waals surface area contributed by atoms with Crippen molar-refractivity contribution in [2.24, 2.45) is 5.73 Å². The van der Waals surface area contributed by atoms with Crippen LogP contribution in [-0.2, 0) is 0 Å². The average Bonchev–Trinajstić information content (AvgIpc) is 3.02. The Labute approximate surface area is 145 Å². The van der Waals surface area contributed by atoms with Gasteiger partial charge in [0.05, 0.1) is 12.0 Å². The van der Waals surface area contributed by atoms with Crippen molar-refractivity contribution in [3.63, 3.8) is 0 Å². The highest BCUT2D eigenvalue weighted by molar-refractivity contribution is 7.98. The van der Waals surface area contributed by atoms with Crippen molar-refractivity contribution < 1.29 is 14.3 Å². The molecule has 0 saturated heterocycles. The fourth-order valence-electron chi connectivity index (χ4n) is 3.00. The molecule has 0 radical (unpaired) electrons. The monoisotopic (exact) mass is 343 g/mol. The van der Waals surface area contributed by atoms with Crippen LogP contribution in [0.25, 0.3) is 11.0 Å². The van der Waals surface area contributed by atoms with Gasteiger partial charge in [0.2, 0.25) is 0 Å². The van der Waals surface area contributed by atoms with E-state index < -0.39 is 0 Å². The summed E-state index contributed by atoms with van der Waals surface area (Å²) in [6.07, 6.45) is 4.64. The first-order chi connectivity index (χ1) is 11.7. The SMILES string of the molecule is COc1cc(C(CCN)c2ccc3occ(SC)c3c2)ccc1O. The number of rotatable bonds is 6. The van der Waals surface area contributed by atoms with E-state index in [2.05, 4.69) is 12.1 Å².